The van der Waals surface area contributed by atoms with Gasteiger partial charge < -0.3 is 34.3 Å². The Bertz CT molecular complexity index is 1240. The number of carbonyl (C=O) groups is 2. The summed E-state index contributed by atoms with van der Waals surface area (Å²) in [5.41, 5.74) is -5.26. The lowest BCUT2D eigenvalue weighted by Gasteiger charge is -2.66. The molecular weight excluding hydrogens is 580 g/mol. The number of hydrogen-bond acceptors (Lipinski definition) is 9. The Kier molecular flexibility index (Phi) is 9.81. The first-order valence-electron chi connectivity index (χ1n) is 16.0. The van der Waals surface area contributed by atoms with E-state index in [9.17, 15) is 30.0 Å². The van der Waals surface area contributed by atoms with E-state index in [4.69, 9.17) is 13.9 Å². The number of Topliss-reactive ketones (excluding diaryl/α,β-unsaturated/α-hetero) is 1. The zero-order valence-electron chi connectivity index (χ0n) is 27.5. The summed E-state index contributed by atoms with van der Waals surface area (Å²) in [5.74, 6) is -2.47. The van der Waals surface area contributed by atoms with E-state index in [0.717, 1.165) is 18.1 Å². The first-order chi connectivity index (χ1) is 20.5. The highest BCUT2D eigenvalue weighted by atomic mass is 28.4. The third-order valence-electron chi connectivity index (χ3n) is 11.5. The predicted octanol–water partition coefficient (Wildman–Crippen LogP) is 4.18. The van der Waals surface area contributed by atoms with Gasteiger partial charge in [-0.2, -0.15) is 0 Å². The smallest absolute Gasteiger partial charge is 0.338 e. The summed E-state index contributed by atoms with van der Waals surface area (Å²) in [4.78, 5) is 27.0. The van der Waals surface area contributed by atoms with Crippen LogP contribution in [-0.4, -0.2) is 88.8 Å². The molecule has 9 nitrogen and oxygen atoms in total. The molecule has 0 bridgehead atoms. The van der Waals surface area contributed by atoms with Gasteiger partial charge in [0.05, 0.1) is 30.5 Å². The molecule has 0 spiro atoms. The lowest BCUT2D eigenvalue weighted by molar-refractivity contribution is -0.352. The van der Waals surface area contributed by atoms with Crippen molar-refractivity contribution in [1.82, 2.24) is 0 Å². The number of carbonyl (C=O) groups excluding carboxylic acids is 2. The van der Waals surface area contributed by atoms with Gasteiger partial charge in [0.1, 0.15) is 23.4 Å². The normalized spacial score (nSPS) is 36.3. The maximum Gasteiger partial charge on any atom is 0.338 e. The minimum Gasteiger partial charge on any atom is -0.455 e. The minimum atomic E-state index is -2.36. The second-order valence-electron chi connectivity index (χ2n) is 14.2. The van der Waals surface area contributed by atoms with E-state index in [-0.39, 0.29) is 25.0 Å². The van der Waals surface area contributed by atoms with Crippen LogP contribution in [0.5, 0.6) is 0 Å². The molecule has 1 aliphatic heterocycles. The van der Waals surface area contributed by atoms with E-state index in [1.165, 1.54) is 6.92 Å². The van der Waals surface area contributed by atoms with Crippen LogP contribution >= 0.6 is 0 Å². The molecule has 2 fully saturated rings. The summed E-state index contributed by atoms with van der Waals surface area (Å²) in [5, 5.41) is 48.2. The lowest BCUT2D eigenvalue weighted by Crippen LogP contribution is -2.80. The number of esters is 1. The van der Waals surface area contributed by atoms with Crippen molar-refractivity contribution < 1.29 is 43.9 Å². The molecule has 44 heavy (non-hydrogen) atoms. The van der Waals surface area contributed by atoms with Crippen molar-refractivity contribution in [3.8, 4) is 0 Å². The van der Waals surface area contributed by atoms with Crippen molar-refractivity contribution >= 4 is 20.1 Å². The van der Waals surface area contributed by atoms with Gasteiger partial charge in [-0.3, -0.25) is 4.79 Å². The summed E-state index contributed by atoms with van der Waals surface area (Å²) >= 11 is 0. The Labute approximate surface area is 262 Å². The molecule has 0 radical (unpaired) electrons. The molecule has 1 heterocycles. The fourth-order valence-corrected chi connectivity index (χ4v) is 11.1. The van der Waals surface area contributed by atoms with Gasteiger partial charge in [-0.05, 0) is 49.7 Å². The zero-order chi connectivity index (χ0) is 32.9. The number of aliphatic hydroxyl groups is 4. The van der Waals surface area contributed by atoms with E-state index in [1.807, 2.05) is 0 Å². The van der Waals surface area contributed by atoms with E-state index in [0.29, 0.717) is 5.57 Å². The summed E-state index contributed by atoms with van der Waals surface area (Å²) in [6, 6.07) is 10.8. The highest BCUT2D eigenvalue weighted by Crippen LogP contribution is 2.61. The fraction of sp³-hybridized carbons (Fsp3) is 0.706. The zero-order valence-corrected chi connectivity index (χ0v) is 28.5. The average molecular weight is 633 g/mol. The van der Waals surface area contributed by atoms with Crippen LogP contribution in [0, 0.1) is 16.7 Å². The number of aliphatic hydroxyl groups excluding tert-OH is 2. The fourth-order valence-electron chi connectivity index (χ4n) is 8.16. The Hall–Kier alpha value is -1.92. The van der Waals surface area contributed by atoms with Crippen LogP contribution in [0.1, 0.15) is 78.6 Å². The second kappa shape index (κ2) is 12.4. The summed E-state index contributed by atoms with van der Waals surface area (Å²) in [6.07, 6.45) is -3.83. The molecule has 0 amide bonds. The molecule has 0 aromatic heterocycles. The number of ether oxygens (including phenoxy) is 2. The van der Waals surface area contributed by atoms with Crippen molar-refractivity contribution in [2.45, 2.75) is 128 Å². The molecule has 246 valence electrons. The molecule has 1 aromatic rings. The van der Waals surface area contributed by atoms with Crippen molar-refractivity contribution in [2.75, 3.05) is 6.61 Å². The largest absolute Gasteiger partial charge is 0.455 e. The van der Waals surface area contributed by atoms with E-state index < -0.39 is 78.5 Å². The standard InChI is InChI=1S/C34H52O9Si/c1-9-44(10-2,11-3)43-25-17-26-33(39,20-41-26)27(32(25,8)28(37)22(5)35)29(42-30(38)23-15-13-12-14-16-23)34(40)19-24(36)21(4)18-31(34,6)7/h12-16,18,24-29,36-37,39-40H,9-11,17,19-20H2,1-8H3/t24-,25-,26+,27?,28+,29?,32+,33-,34+/m0/s1. The Balaban J connectivity index is 1.99. The quantitative estimate of drug-likeness (QED) is 0.161. The Morgan fingerprint density at radius 1 is 1.07 bits per heavy atom. The minimum absolute atomic E-state index is 0.138. The van der Waals surface area contributed by atoms with Crippen LogP contribution < -0.4 is 0 Å². The molecule has 10 heteroatoms. The molecule has 2 unspecified atom stereocenters. The van der Waals surface area contributed by atoms with Gasteiger partial charge in [-0.15, -0.1) is 0 Å². The maximum absolute atomic E-state index is 13.8. The van der Waals surface area contributed by atoms with Crippen LogP contribution in [-0.2, 0) is 18.7 Å². The molecule has 3 aliphatic rings. The molecule has 1 saturated carbocycles. The van der Waals surface area contributed by atoms with Crippen LogP contribution in [0.3, 0.4) is 0 Å². The van der Waals surface area contributed by atoms with E-state index in [2.05, 4.69) is 20.8 Å². The van der Waals surface area contributed by atoms with Crippen molar-refractivity contribution in [2.24, 2.45) is 16.7 Å². The molecule has 9 atom stereocenters. The second-order valence-corrected chi connectivity index (χ2v) is 18.9. The number of fused-ring (bicyclic) bond motifs is 1. The molecular formula is C34H52O9Si. The predicted molar refractivity (Wildman–Crippen MR) is 168 cm³/mol. The van der Waals surface area contributed by atoms with Gasteiger partial charge in [0.2, 0.25) is 0 Å². The van der Waals surface area contributed by atoms with Gasteiger partial charge in [-0.25, -0.2) is 4.79 Å². The molecule has 2 aliphatic carbocycles. The summed E-state index contributed by atoms with van der Waals surface area (Å²) < 4.78 is 19.3. The van der Waals surface area contributed by atoms with Gasteiger partial charge in [0, 0.05) is 29.6 Å². The van der Waals surface area contributed by atoms with Crippen LogP contribution in [0.2, 0.25) is 18.1 Å². The Morgan fingerprint density at radius 3 is 2.16 bits per heavy atom. The first-order valence-corrected chi connectivity index (χ1v) is 18.6. The van der Waals surface area contributed by atoms with Gasteiger partial charge >= 0.3 is 5.97 Å². The van der Waals surface area contributed by atoms with Crippen molar-refractivity contribution in [3.63, 3.8) is 0 Å². The monoisotopic (exact) mass is 632 g/mol. The topological polar surface area (TPSA) is 143 Å². The van der Waals surface area contributed by atoms with Gasteiger partial charge in [0.25, 0.3) is 0 Å². The number of ketones is 1. The third kappa shape index (κ3) is 5.54. The highest BCUT2D eigenvalue weighted by molar-refractivity contribution is 6.73. The van der Waals surface area contributed by atoms with Gasteiger partial charge in [-0.1, -0.05) is 65.8 Å². The van der Waals surface area contributed by atoms with E-state index in [1.54, 1.807) is 64.1 Å². The number of benzene rings is 1. The molecule has 1 aromatic carbocycles. The number of hydrogen-bond donors (Lipinski definition) is 4. The van der Waals surface area contributed by atoms with Crippen molar-refractivity contribution in [1.29, 1.82) is 0 Å². The summed E-state index contributed by atoms with van der Waals surface area (Å²) in [6.45, 7) is 14.5. The first kappa shape index (κ1) is 34.9. The van der Waals surface area contributed by atoms with Crippen LogP contribution in [0.15, 0.2) is 42.0 Å². The van der Waals surface area contributed by atoms with Gasteiger partial charge in [0.15, 0.2) is 14.1 Å². The lowest BCUT2D eigenvalue weighted by atomic mass is 9.48. The van der Waals surface area contributed by atoms with E-state index >= 15 is 0 Å². The SMILES string of the molecule is CC[Si](CC)(CC)O[C@H]1C[C@H]2OC[C@@]2(O)C(C(OC(=O)c2ccccc2)[C@]2(O)C[C@H](O)C(C)=CC2(C)C)[C@]1(C)[C@H](O)C(C)=O. The van der Waals surface area contributed by atoms with Crippen LogP contribution in [0.4, 0.5) is 0 Å². The highest BCUT2D eigenvalue weighted by Gasteiger charge is 2.74. The Morgan fingerprint density at radius 2 is 1.66 bits per heavy atom. The summed E-state index contributed by atoms with van der Waals surface area (Å²) in [7, 11) is -2.36. The van der Waals surface area contributed by atoms with Crippen molar-refractivity contribution in [3.05, 3.63) is 47.5 Å². The molecule has 4 N–H and O–H groups in total. The molecule has 1 saturated heterocycles. The third-order valence-corrected chi connectivity index (χ3v) is 16.1. The maximum atomic E-state index is 13.8. The number of rotatable bonds is 11. The van der Waals surface area contributed by atoms with Crippen LogP contribution in [0.25, 0.3) is 0 Å². The average Bonchev–Trinajstić information content (AvgIpc) is 2.98. The molecule has 4 rings (SSSR count).